The molecule has 0 atom stereocenters. The molecule has 0 fully saturated rings. The Morgan fingerprint density at radius 1 is 0.629 bits per heavy atom. The third kappa shape index (κ3) is 4.08. The van der Waals surface area contributed by atoms with E-state index in [9.17, 15) is 0 Å². The standard InChI is InChI=1S/C30H23N5/c1-19-11-15-21(16-12-19)31-29-30(32-22-17-13-20(2)14-18-22)35-28(34-29)27-23-7-3-5-9-25(23)33-26-10-6-4-8-24(26)27/h3-18H,1-2H3,(H,31,32,34,35). The fraction of sp³-hybridized carbons (Fsp3) is 0.0667. The Morgan fingerprint density at radius 2 is 1.20 bits per heavy atom. The van der Waals surface area contributed by atoms with Gasteiger partial charge in [0, 0.05) is 22.0 Å². The summed E-state index contributed by atoms with van der Waals surface area (Å²) in [6.07, 6.45) is 0. The van der Waals surface area contributed by atoms with Crippen LogP contribution in [0.1, 0.15) is 16.7 Å². The molecule has 1 aliphatic heterocycles. The van der Waals surface area contributed by atoms with Gasteiger partial charge in [0.15, 0.2) is 17.5 Å². The Hall–Kier alpha value is -4.64. The predicted octanol–water partition coefficient (Wildman–Crippen LogP) is 7.01. The van der Waals surface area contributed by atoms with Crippen molar-refractivity contribution in [3.8, 4) is 0 Å². The van der Waals surface area contributed by atoms with Crippen molar-refractivity contribution in [2.24, 2.45) is 15.0 Å². The van der Waals surface area contributed by atoms with E-state index in [0.717, 1.165) is 38.7 Å². The second-order valence-corrected chi connectivity index (χ2v) is 8.68. The number of para-hydroxylation sites is 2. The van der Waals surface area contributed by atoms with Crippen molar-refractivity contribution in [2.45, 2.75) is 13.8 Å². The fourth-order valence-corrected chi connectivity index (χ4v) is 4.20. The van der Waals surface area contributed by atoms with Gasteiger partial charge in [-0.25, -0.2) is 20.0 Å². The molecule has 0 saturated heterocycles. The molecule has 1 aliphatic rings. The number of nitrogens with one attached hydrogen (secondary N) is 1. The third-order valence-electron chi connectivity index (χ3n) is 6.04. The molecule has 168 valence electrons. The highest BCUT2D eigenvalue weighted by Gasteiger charge is 2.23. The number of hydrogen-bond acceptors (Lipinski definition) is 4. The maximum Gasteiger partial charge on any atom is 0.198 e. The minimum absolute atomic E-state index is 0.550. The minimum atomic E-state index is 0.550. The molecule has 35 heavy (non-hydrogen) atoms. The molecule has 5 heteroatoms. The van der Waals surface area contributed by atoms with E-state index in [2.05, 4.69) is 43.4 Å². The SMILES string of the molecule is Cc1ccc(N=C2N=C(c3c4ccccc4nc4ccccc34)N=C2Nc2ccc(C)cc2)cc1. The van der Waals surface area contributed by atoms with Crippen LogP contribution >= 0.6 is 0 Å². The molecule has 5 nitrogen and oxygen atoms in total. The summed E-state index contributed by atoms with van der Waals surface area (Å²) in [5, 5.41) is 5.46. The van der Waals surface area contributed by atoms with E-state index in [0.29, 0.717) is 17.5 Å². The Bertz CT molecular complexity index is 1610. The van der Waals surface area contributed by atoms with Crippen LogP contribution in [0.25, 0.3) is 21.8 Å². The zero-order valence-corrected chi connectivity index (χ0v) is 19.5. The number of fused-ring (bicyclic) bond motifs is 2. The van der Waals surface area contributed by atoms with Crippen LogP contribution in [0.4, 0.5) is 11.4 Å². The number of anilines is 1. The minimum Gasteiger partial charge on any atom is -0.337 e. The first-order valence-electron chi connectivity index (χ1n) is 11.6. The summed E-state index contributed by atoms with van der Waals surface area (Å²) in [5.41, 5.74) is 6.94. The quantitative estimate of drug-likeness (QED) is 0.299. The Kier molecular flexibility index (Phi) is 5.15. The molecule has 0 aliphatic carbocycles. The van der Waals surface area contributed by atoms with Crippen molar-refractivity contribution in [2.75, 3.05) is 5.32 Å². The van der Waals surface area contributed by atoms with E-state index in [-0.39, 0.29) is 0 Å². The van der Waals surface area contributed by atoms with Crippen LogP contribution in [0.3, 0.4) is 0 Å². The fourth-order valence-electron chi connectivity index (χ4n) is 4.20. The molecule has 0 spiro atoms. The van der Waals surface area contributed by atoms with Crippen molar-refractivity contribution < 1.29 is 0 Å². The lowest BCUT2D eigenvalue weighted by Crippen LogP contribution is -2.18. The van der Waals surface area contributed by atoms with Crippen molar-refractivity contribution >= 4 is 50.7 Å². The lowest BCUT2D eigenvalue weighted by Gasteiger charge is -2.09. The summed E-state index contributed by atoms with van der Waals surface area (Å²) in [4.78, 5) is 19.6. The van der Waals surface area contributed by atoms with Crippen LogP contribution in [-0.4, -0.2) is 22.5 Å². The van der Waals surface area contributed by atoms with Crippen LogP contribution in [0.15, 0.2) is 112 Å². The first kappa shape index (κ1) is 20.9. The maximum atomic E-state index is 4.97. The van der Waals surface area contributed by atoms with Crippen LogP contribution in [0, 0.1) is 13.8 Å². The Labute approximate surface area is 203 Å². The second kappa shape index (κ2) is 8.61. The first-order chi connectivity index (χ1) is 17.1. The number of aromatic nitrogens is 1. The molecule has 6 rings (SSSR count). The summed E-state index contributed by atoms with van der Waals surface area (Å²) in [5.74, 6) is 1.80. The number of nitrogens with zero attached hydrogens (tertiary/aromatic N) is 4. The zero-order valence-electron chi connectivity index (χ0n) is 19.5. The summed E-state index contributed by atoms with van der Waals surface area (Å²) < 4.78 is 0. The normalized spacial score (nSPS) is 14.4. The molecular weight excluding hydrogens is 430 g/mol. The van der Waals surface area contributed by atoms with Gasteiger partial charge in [-0.1, -0.05) is 71.8 Å². The summed E-state index contributed by atoms with van der Waals surface area (Å²) in [6, 6.07) is 32.6. The molecule has 5 aromatic rings. The monoisotopic (exact) mass is 453 g/mol. The van der Waals surface area contributed by atoms with Crippen molar-refractivity contribution in [1.29, 1.82) is 0 Å². The lowest BCUT2D eigenvalue weighted by atomic mass is 10.0. The number of aliphatic imine (C=N–C) groups is 3. The van der Waals surface area contributed by atoms with Crippen molar-refractivity contribution in [3.63, 3.8) is 0 Å². The van der Waals surface area contributed by atoms with E-state index < -0.39 is 0 Å². The number of amidine groups is 3. The lowest BCUT2D eigenvalue weighted by molar-refractivity contribution is 1.43. The van der Waals surface area contributed by atoms with Gasteiger partial charge in [-0.15, -0.1) is 0 Å². The average Bonchev–Trinajstić information content (AvgIpc) is 3.26. The highest BCUT2D eigenvalue weighted by molar-refractivity contribution is 6.52. The summed E-state index contributed by atoms with van der Waals surface area (Å²) in [6.45, 7) is 4.14. The van der Waals surface area contributed by atoms with Gasteiger partial charge in [-0.05, 0) is 50.2 Å². The number of rotatable bonds is 3. The van der Waals surface area contributed by atoms with Crippen LogP contribution in [-0.2, 0) is 0 Å². The third-order valence-corrected chi connectivity index (χ3v) is 6.04. The molecule has 4 aromatic carbocycles. The molecule has 0 radical (unpaired) electrons. The van der Waals surface area contributed by atoms with Gasteiger partial charge in [-0.3, -0.25) is 0 Å². The highest BCUT2D eigenvalue weighted by atomic mass is 15.2. The van der Waals surface area contributed by atoms with Gasteiger partial charge in [0.25, 0.3) is 0 Å². The Morgan fingerprint density at radius 3 is 1.83 bits per heavy atom. The van der Waals surface area contributed by atoms with Gasteiger partial charge in [-0.2, -0.15) is 0 Å². The van der Waals surface area contributed by atoms with Gasteiger partial charge >= 0.3 is 0 Å². The summed E-state index contributed by atoms with van der Waals surface area (Å²) >= 11 is 0. The van der Waals surface area contributed by atoms with E-state index in [1.807, 2.05) is 72.8 Å². The van der Waals surface area contributed by atoms with E-state index in [1.54, 1.807) is 0 Å². The maximum absolute atomic E-state index is 4.97. The smallest absolute Gasteiger partial charge is 0.198 e. The molecule has 0 amide bonds. The van der Waals surface area contributed by atoms with E-state index in [1.165, 1.54) is 11.1 Å². The molecular formula is C30H23N5. The van der Waals surface area contributed by atoms with Crippen molar-refractivity contribution in [3.05, 3.63) is 114 Å². The second-order valence-electron chi connectivity index (χ2n) is 8.68. The number of pyridine rings is 1. The first-order valence-corrected chi connectivity index (χ1v) is 11.6. The van der Waals surface area contributed by atoms with Crippen LogP contribution < -0.4 is 5.32 Å². The number of benzene rings is 4. The van der Waals surface area contributed by atoms with Gasteiger partial charge in [0.1, 0.15) is 0 Å². The van der Waals surface area contributed by atoms with E-state index >= 15 is 0 Å². The molecule has 1 N–H and O–H groups in total. The van der Waals surface area contributed by atoms with Crippen LogP contribution in [0.5, 0.6) is 0 Å². The molecule has 0 unspecified atom stereocenters. The summed E-state index contributed by atoms with van der Waals surface area (Å²) in [7, 11) is 0. The zero-order chi connectivity index (χ0) is 23.8. The number of aryl methyl sites for hydroxylation is 2. The molecule has 2 heterocycles. The highest BCUT2D eigenvalue weighted by Crippen LogP contribution is 2.29. The average molecular weight is 454 g/mol. The largest absolute Gasteiger partial charge is 0.337 e. The number of hydrogen-bond donors (Lipinski definition) is 1. The van der Waals surface area contributed by atoms with Gasteiger partial charge in [0.05, 0.1) is 16.7 Å². The van der Waals surface area contributed by atoms with Gasteiger partial charge in [0.2, 0.25) is 0 Å². The Balaban J connectivity index is 1.54. The molecule has 0 bridgehead atoms. The molecule has 1 aromatic heterocycles. The van der Waals surface area contributed by atoms with E-state index in [4.69, 9.17) is 20.0 Å². The van der Waals surface area contributed by atoms with Gasteiger partial charge < -0.3 is 5.32 Å². The van der Waals surface area contributed by atoms with Crippen molar-refractivity contribution in [1.82, 2.24) is 4.98 Å². The van der Waals surface area contributed by atoms with Crippen LogP contribution in [0.2, 0.25) is 0 Å². The predicted molar refractivity (Wildman–Crippen MR) is 146 cm³/mol. The topological polar surface area (TPSA) is 62.0 Å². The molecule has 0 saturated carbocycles.